The summed E-state index contributed by atoms with van der Waals surface area (Å²) in [5.41, 5.74) is 2.27. The van der Waals surface area contributed by atoms with Gasteiger partial charge < -0.3 is 10.1 Å². The zero-order valence-electron chi connectivity index (χ0n) is 14.9. The van der Waals surface area contributed by atoms with Gasteiger partial charge in [-0.05, 0) is 43.2 Å². The van der Waals surface area contributed by atoms with Crippen LogP contribution in [0.15, 0.2) is 53.8 Å². The Balaban J connectivity index is 1.67. The number of hydrogen-bond acceptors (Lipinski definition) is 5. The number of imidazole rings is 1. The van der Waals surface area contributed by atoms with Crippen LogP contribution in [-0.4, -0.2) is 52.0 Å². The third-order valence-electron chi connectivity index (χ3n) is 4.80. The molecule has 2 aromatic heterocycles. The quantitative estimate of drug-likeness (QED) is 0.678. The maximum atomic E-state index is 13.0. The molecule has 0 atom stereocenters. The summed E-state index contributed by atoms with van der Waals surface area (Å²) in [6, 6.07) is 8.54. The second-order valence-corrected chi connectivity index (χ2v) is 8.96. The lowest BCUT2D eigenvalue weighted by Gasteiger charge is -2.29. The summed E-state index contributed by atoms with van der Waals surface area (Å²) in [5.74, 6) is 0.550. The number of aliphatic hydroxyl groups excluding tert-OH is 1. The van der Waals surface area contributed by atoms with Gasteiger partial charge in [-0.3, -0.25) is 4.98 Å². The number of piperidine rings is 1. The Morgan fingerprint density at radius 1 is 1.11 bits per heavy atom. The molecule has 0 spiro atoms. The Labute approximate surface area is 168 Å². The van der Waals surface area contributed by atoms with Crippen LogP contribution in [0.1, 0.15) is 12.8 Å². The van der Waals surface area contributed by atoms with Gasteiger partial charge >= 0.3 is 0 Å². The van der Waals surface area contributed by atoms with Gasteiger partial charge in [-0.2, -0.15) is 4.31 Å². The summed E-state index contributed by atoms with van der Waals surface area (Å²) in [4.78, 5) is 11.7. The highest BCUT2D eigenvalue weighted by Gasteiger charge is 2.30. The summed E-state index contributed by atoms with van der Waals surface area (Å²) in [5, 5.41) is 9.81. The van der Waals surface area contributed by atoms with E-state index in [-0.39, 0.29) is 23.0 Å². The van der Waals surface area contributed by atoms with Crippen LogP contribution in [0.5, 0.6) is 0 Å². The molecule has 1 saturated heterocycles. The van der Waals surface area contributed by atoms with Gasteiger partial charge in [0.1, 0.15) is 10.7 Å². The van der Waals surface area contributed by atoms with Crippen molar-refractivity contribution >= 4 is 21.6 Å². The Morgan fingerprint density at radius 3 is 2.54 bits per heavy atom. The van der Waals surface area contributed by atoms with Crippen LogP contribution < -0.4 is 0 Å². The standard InChI is InChI=1S/C19H19ClN4O3S/c20-16-2-1-14(19-22-12-17(23-19)13-3-7-21-8-4-13)11-18(16)28(26,27)24-9-5-15(25)6-10-24/h1-4,7-8,11-12,15,25H,5-6,9-10H2,(H,22,23). The predicted octanol–water partition coefficient (Wildman–Crippen LogP) is 2.94. The van der Waals surface area contributed by atoms with Crippen LogP contribution in [0.3, 0.4) is 0 Å². The lowest BCUT2D eigenvalue weighted by molar-refractivity contribution is 0.113. The molecular formula is C19H19ClN4O3S. The molecule has 28 heavy (non-hydrogen) atoms. The Kier molecular flexibility index (Phi) is 5.20. The van der Waals surface area contributed by atoms with Crippen molar-refractivity contribution in [3.05, 3.63) is 53.9 Å². The number of rotatable bonds is 4. The van der Waals surface area contributed by atoms with Gasteiger partial charge in [0.15, 0.2) is 0 Å². The summed E-state index contributed by atoms with van der Waals surface area (Å²) >= 11 is 6.22. The van der Waals surface area contributed by atoms with Crippen LogP contribution in [0.4, 0.5) is 0 Å². The van der Waals surface area contributed by atoms with Crippen molar-refractivity contribution in [3.63, 3.8) is 0 Å². The van der Waals surface area contributed by atoms with Crippen molar-refractivity contribution in [2.45, 2.75) is 23.8 Å². The van der Waals surface area contributed by atoms with Crippen molar-refractivity contribution in [2.75, 3.05) is 13.1 Å². The molecule has 0 bridgehead atoms. The molecule has 0 radical (unpaired) electrons. The minimum Gasteiger partial charge on any atom is -0.393 e. The zero-order chi connectivity index (χ0) is 19.7. The van der Waals surface area contributed by atoms with E-state index in [4.69, 9.17) is 11.6 Å². The topological polar surface area (TPSA) is 99.2 Å². The van der Waals surface area contributed by atoms with E-state index in [1.807, 2.05) is 12.1 Å². The summed E-state index contributed by atoms with van der Waals surface area (Å²) < 4.78 is 27.5. The molecule has 1 aliphatic rings. The van der Waals surface area contributed by atoms with Crippen molar-refractivity contribution in [1.29, 1.82) is 0 Å². The average Bonchev–Trinajstić information content (AvgIpc) is 3.19. The van der Waals surface area contributed by atoms with E-state index >= 15 is 0 Å². The predicted molar refractivity (Wildman–Crippen MR) is 106 cm³/mol. The van der Waals surface area contributed by atoms with Crippen molar-refractivity contribution in [1.82, 2.24) is 19.3 Å². The fourth-order valence-corrected chi connectivity index (χ4v) is 5.18. The molecule has 1 fully saturated rings. The Hall–Kier alpha value is -2.26. The van der Waals surface area contributed by atoms with Gasteiger partial charge in [-0.15, -0.1) is 0 Å². The molecule has 0 saturated carbocycles. The van der Waals surface area contributed by atoms with Crippen LogP contribution in [-0.2, 0) is 10.0 Å². The Bertz CT molecular complexity index is 1080. The van der Waals surface area contributed by atoms with E-state index in [1.54, 1.807) is 30.7 Å². The number of halogens is 1. The van der Waals surface area contributed by atoms with Gasteiger partial charge in [0, 0.05) is 42.8 Å². The minimum atomic E-state index is -3.75. The number of aromatic amines is 1. The first kappa shape index (κ1) is 19.1. The molecule has 2 N–H and O–H groups in total. The smallest absolute Gasteiger partial charge is 0.244 e. The molecule has 1 aromatic carbocycles. The monoisotopic (exact) mass is 418 g/mol. The number of benzene rings is 1. The third-order valence-corrected chi connectivity index (χ3v) is 7.18. The normalized spacial score (nSPS) is 16.4. The van der Waals surface area contributed by atoms with E-state index in [0.717, 1.165) is 11.3 Å². The zero-order valence-corrected chi connectivity index (χ0v) is 16.5. The SMILES string of the molecule is O=S(=O)(c1cc(-c2nc(-c3ccncc3)c[nH]2)ccc1Cl)N1CCC(O)CC1. The van der Waals surface area contributed by atoms with E-state index < -0.39 is 16.1 Å². The summed E-state index contributed by atoms with van der Waals surface area (Å²) in [6.07, 6.45) is 5.52. The highest BCUT2D eigenvalue weighted by molar-refractivity contribution is 7.89. The Morgan fingerprint density at radius 2 is 1.82 bits per heavy atom. The van der Waals surface area contributed by atoms with E-state index in [0.29, 0.717) is 24.2 Å². The second kappa shape index (κ2) is 7.63. The van der Waals surface area contributed by atoms with Crippen LogP contribution in [0.2, 0.25) is 5.02 Å². The van der Waals surface area contributed by atoms with Crippen molar-refractivity contribution in [2.24, 2.45) is 0 Å². The number of sulfonamides is 1. The first-order chi connectivity index (χ1) is 13.4. The summed E-state index contributed by atoms with van der Waals surface area (Å²) in [7, 11) is -3.75. The third kappa shape index (κ3) is 3.68. The molecule has 3 heterocycles. The molecule has 3 aromatic rings. The second-order valence-electron chi connectivity index (χ2n) is 6.65. The lowest BCUT2D eigenvalue weighted by Crippen LogP contribution is -2.40. The van der Waals surface area contributed by atoms with Gasteiger partial charge in [-0.1, -0.05) is 11.6 Å². The highest BCUT2D eigenvalue weighted by Crippen LogP contribution is 2.31. The molecule has 7 nitrogen and oxygen atoms in total. The molecule has 0 unspecified atom stereocenters. The van der Waals surface area contributed by atoms with E-state index in [1.165, 1.54) is 10.4 Å². The number of hydrogen-bond donors (Lipinski definition) is 2. The van der Waals surface area contributed by atoms with Crippen LogP contribution >= 0.6 is 11.6 Å². The highest BCUT2D eigenvalue weighted by atomic mass is 35.5. The number of nitrogens with zero attached hydrogens (tertiary/aromatic N) is 3. The first-order valence-electron chi connectivity index (χ1n) is 8.89. The number of aromatic nitrogens is 3. The minimum absolute atomic E-state index is 0.0462. The average molecular weight is 419 g/mol. The number of H-pyrrole nitrogens is 1. The fourth-order valence-electron chi connectivity index (χ4n) is 3.21. The number of pyridine rings is 1. The van der Waals surface area contributed by atoms with Gasteiger partial charge in [0.25, 0.3) is 0 Å². The van der Waals surface area contributed by atoms with Crippen LogP contribution in [0, 0.1) is 0 Å². The molecule has 9 heteroatoms. The molecule has 1 aliphatic heterocycles. The van der Waals surface area contributed by atoms with Gasteiger partial charge in [0.2, 0.25) is 10.0 Å². The molecular weight excluding hydrogens is 400 g/mol. The van der Waals surface area contributed by atoms with Crippen LogP contribution in [0.25, 0.3) is 22.6 Å². The maximum absolute atomic E-state index is 13.0. The number of nitrogens with one attached hydrogen (secondary N) is 1. The van der Waals surface area contributed by atoms with Crippen molar-refractivity contribution in [3.8, 4) is 22.6 Å². The lowest BCUT2D eigenvalue weighted by atomic mass is 10.1. The fraction of sp³-hybridized carbons (Fsp3) is 0.263. The summed E-state index contributed by atoms with van der Waals surface area (Å²) in [6.45, 7) is 0.550. The van der Waals surface area contributed by atoms with Gasteiger partial charge in [0.05, 0.1) is 16.8 Å². The molecule has 0 aliphatic carbocycles. The molecule has 146 valence electrons. The van der Waals surface area contributed by atoms with E-state index in [2.05, 4.69) is 15.0 Å². The first-order valence-corrected chi connectivity index (χ1v) is 10.7. The largest absolute Gasteiger partial charge is 0.393 e. The number of aliphatic hydroxyl groups is 1. The molecule has 0 amide bonds. The van der Waals surface area contributed by atoms with E-state index in [9.17, 15) is 13.5 Å². The van der Waals surface area contributed by atoms with Crippen molar-refractivity contribution < 1.29 is 13.5 Å². The van der Waals surface area contributed by atoms with Gasteiger partial charge in [-0.25, -0.2) is 13.4 Å². The maximum Gasteiger partial charge on any atom is 0.244 e. The molecule has 4 rings (SSSR count).